The number of ketones is 1. The van der Waals surface area contributed by atoms with Crippen LogP contribution in [0.5, 0.6) is 0 Å². The van der Waals surface area contributed by atoms with Crippen molar-refractivity contribution >= 4 is 11.5 Å². The molecule has 4 rings (SSSR count). The van der Waals surface area contributed by atoms with Gasteiger partial charge in [0.25, 0.3) is 0 Å². The average Bonchev–Trinajstić information content (AvgIpc) is 3.33. The predicted octanol–water partition coefficient (Wildman–Crippen LogP) is 3.09. The highest BCUT2D eigenvalue weighted by Gasteiger charge is 2.45. The molecule has 0 aromatic heterocycles. The molecule has 0 unspecified atom stereocenters. The molecule has 0 bridgehead atoms. The van der Waals surface area contributed by atoms with Crippen LogP contribution in [0, 0.1) is 17.8 Å². The van der Waals surface area contributed by atoms with E-state index in [2.05, 4.69) is 10.8 Å². The van der Waals surface area contributed by atoms with Crippen LogP contribution < -0.4 is 0 Å². The summed E-state index contributed by atoms with van der Waals surface area (Å²) in [6.45, 7) is 3.69. The molecule has 1 atom stereocenters. The number of rotatable bonds is 2. The number of likely N-dealkylation sites (tertiary alicyclic amines) is 1. The van der Waals surface area contributed by atoms with Crippen LogP contribution in [0.2, 0.25) is 0 Å². The zero-order chi connectivity index (χ0) is 16.9. The van der Waals surface area contributed by atoms with Gasteiger partial charge in [-0.3, -0.25) is 4.79 Å². The van der Waals surface area contributed by atoms with Crippen LogP contribution in [0.3, 0.4) is 0 Å². The molecule has 1 spiro atoms. The van der Waals surface area contributed by atoms with Gasteiger partial charge in [-0.25, -0.2) is 0 Å². The van der Waals surface area contributed by atoms with Crippen molar-refractivity contribution in [3.63, 3.8) is 0 Å². The van der Waals surface area contributed by atoms with Gasteiger partial charge in [0, 0.05) is 25.1 Å². The summed E-state index contributed by atoms with van der Waals surface area (Å²) in [5, 5.41) is 9.94. The van der Waals surface area contributed by atoms with Crippen molar-refractivity contribution < 1.29 is 9.90 Å². The van der Waals surface area contributed by atoms with Gasteiger partial charge in [-0.05, 0) is 55.2 Å². The summed E-state index contributed by atoms with van der Waals surface area (Å²) >= 11 is 0. The van der Waals surface area contributed by atoms with Crippen LogP contribution in [0.15, 0.2) is 23.8 Å². The van der Waals surface area contributed by atoms with Gasteiger partial charge in [-0.15, -0.1) is 6.42 Å². The highest BCUT2D eigenvalue weighted by atomic mass is 16.3. The second-order valence-electron chi connectivity index (χ2n) is 7.55. The smallest absolute Gasteiger partial charge is 0.177 e. The lowest BCUT2D eigenvalue weighted by molar-refractivity contribution is -0.114. The minimum atomic E-state index is -0.528. The fraction of sp³-hybridized carbons (Fsp3) is 0.476. The standard InChI is InChI=1S/C21H23NO2/c1-3-17-19(24)13-16-5-4-15(14(2)23)12-18(16)20(17)22-10-8-21(6-7-21)9-11-22/h1,4-5,12,14,23H,6-11,13H2,2H3/t14-/m0/s1. The lowest BCUT2D eigenvalue weighted by Crippen LogP contribution is -2.36. The summed E-state index contributed by atoms with van der Waals surface area (Å²) in [6, 6.07) is 5.89. The van der Waals surface area contributed by atoms with E-state index >= 15 is 0 Å². The Balaban J connectivity index is 1.78. The van der Waals surface area contributed by atoms with E-state index < -0.39 is 6.10 Å². The third-order valence-corrected chi connectivity index (χ3v) is 5.98. The molecule has 24 heavy (non-hydrogen) atoms. The lowest BCUT2D eigenvalue weighted by atomic mass is 9.84. The molecule has 1 N–H and O–H groups in total. The summed E-state index contributed by atoms with van der Waals surface area (Å²) < 4.78 is 0. The molecule has 0 amide bonds. The number of aliphatic hydroxyl groups excluding tert-OH is 1. The number of Topliss-reactive ketones (excluding diaryl/α,β-unsaturated/α-hetero) is 1. The van der Waals surface area contributed by atoms with Gasteiger partial charge in [-0.1, -0.05) is 18.1 Å². The molecular formula is C21H23NO2. The van der Waals surface area contributed by atoms with Gasteiger partial charge in [0.1, 0.15) is 0 Å². The minimum absolute atomic E-state index is 0.0384. The third-order valence-electron chi connectivity index (χ3n) is 5.98. The van der Waals surface area contributed by atoms with Gasteiger partial charge < -0.3 is 10.0 Å². The molecule has 1 saturated carbocycles. The monoisotopic (exact) mass is 321 g/mol. The van der Waals surface area contributed by atoms with Gasteiger partial charge in [0.15, 0.2) is 5.78 Å². The summed E-state index contributed by atoms with van der Waals surface area (Å²) in [6.07, 6.45) is 10.6. The van der Waals surface area contributed by atoms with Crippen molar-refractivity contribution in [3.05, 3.63) is 40.5 Å². The van der Waals surface area contributed by atoms with Crippen LogP contribution in [-0.2, 0) is 11.2 Å². The van der Waals surface area contributed by atoms with Crippen molar-refractivity contribution in [2.24, 2.45) is 5.41 Å². The fourth-order valence-corrected chi connectivity index (χ4v) is 4.12. The predicted molar refractivity (Wildman–Crippen MR) is 94.0 cm³/mol. The molecule has 1 heterocycles. The quantitative estimate of drug-likeness (QED) is 0.851. The first kappa shape index (κ1) is 15.5. The summed E-state index contributed by atoms with van der Waals surface area (Å²) in [7, 11) is 0. The van der Waals surface area contributed by atoms with Gasteiger partial charge in [-0.2, -0.15) is 0 Å². The molecule has 3 heteroatoms. The topological polar surface area (TPSA) is 40.5 Å². The van der Waals surface area contributed by atoms with Crippen molar-refractivity contribution in [1.29, 1.82) is 0 Å². The zero-order valence-electron chi connectivity index (χ0n) is 14.1. The van der Waals surface area contributed by atoms with Crippen molar-refractivity contribution in [2.45, 2.75) is 45.1 Å². The molecule has 0 radical (unpaired) electrons. The van der Waals surface area contributed by atoms with Crippen molar-refractivity contribution in [3.8, 4) is 12.3 Å². The Morgan fingerprint density at radius 1 is 1.25 bits per heavy atom. The second-order valence-corrected chi connectivity index (χ2v) is 7.55. The molecule has 1 saturated heterocycles. The Labute approximate surface area is 143 Å². The molecule has 1 aliphatic heterocycles. The number of hydrogen-bond acceptors (Lipinski definition) is 3. The van der Waals surface area contributed by atoms with Gasteiger partial charge >= 0.3 is 0 Å². The van der Waals surface area contributed by atoms with E-state index in [1.54, 1.807) is 6.92 Å². The van der Waals surface area contributed by atoms with E-state index in [0.29, 0.717) is 17.4 Å². The molecule has 3 aliphatic rings. The maximum atomic E-state index is 12.5. The molecule has 2 aliphatic carbocycles. The maximum absolute atomic E-state index is 12.5. The Hall–Kier alpha value is -2.05. The molecule has 3 nitrogen and oxygen atoms in total. The third kappa shape index (κ3) is 2.46. The van der Waals surface area contributed by atoms with Crippen molar-refractivity contribution in [2.75, 3.05) is 13.1 Å². The number of carbonyl (C=O) groups is 1. The zero-order valence-corrected chi connectivity index (χ0v) is 14.1. The number of fused-ring (bicyclic) bond motifs is 1. The number of benzene rings is 1. The summed E-state index contributed by atoms with van der Waals surface area (Å²) in [4.78, 5) is 14.8. The normalized spacial score (nSPS) is 23.0. The largest absolute Gasteiger partial charge is 0.389 e. The number of nitrogens with zero attached hydrogens (tertiary/aromatic N) is 1. The minimum Gasteiger partial charge on any atom is -0.389 e. The first-order chi connectivity index (χ1) is 11.5. The number of piperidine rings is 1. The number of aliphatic hydroxyl groups is 1. The van der Waals surface area contributed by atoms with Gasteiger partial charge in [0.2, 0.25) is 0 Å². The van der Waals surface area contributed by atoms with Crippen LogP contribution >= 0.6 is 0 Å². The van der Waals surface area contributed by atoms with Crippen LogP contribution in [0.1, 0.15) is 55.4 Å². The second kappa shape index (κ2) is 5.50. The van der Waals surface area contributed by atoms with Crippen LogP contribution in [0.4, 0.5) is 0 Å². The molecule has 1 aromatic rings. The molecular weight excluding hydrogens is 298 g/mol. The number of hydrogen-bond donors (Lipinski definition) is 1. The summed E-state index contributed by atoms with van der Waals surface area (Å²) in [5.41, 5.74) is 4.93. The Morgan fingerprint density at radius 2 is 1.96 bits per heavy atom. The summed E-state index contributed by atoms with van der Waals surface area (Å²) in [5.74, 6) is 2.69. The SMILES string of the molecule is C#CC1=C(N2CCC3(CC2)CC3)c2cc([C@H](C)O)ccc2CC1=O. The highest BCUT2D eigenvalue weighted by Crippen LogP contribution is 2.54. The number of terminal acetylenes is 1. The van der Waals surface area contributed by atoms with Crippen LogP contribution in [0.25, 0.3) is 5.70 Å². The molecule has 124 valence electrons. The van der Waals surface area contributed by atoms with Crippen LogP contribution in [-0.4, -0.2) is 28.9 Å². The average molecular weight is 321 g/mol. The highest BCUT2D eigenvalue weighted by molar-refractivity contribution is 6.10. The Morgan fingerprint density at radius 3 is 2.54 bits per heavy atom. The molecule has 1 aromatic carbocycles. The Kier molecular flexibility index (Phi) is 3.54. The van der Waals surface area contributed by atoms with E-state index in [1.807, 2.05) is 18.2 Å². The fourth-order valence-electron chi connectivity index (χ4n) is 4.12. The number of carbonyl (C=O) groups excluding carboxylic acids is 1. The Bertz CT molecular complexity index is 768. The first-order valence-corrected chi connectivity index (χ1v) is 8.83. The molecule has 2 fully saturated rings. The lowest BCUT2D eigenvalue weighted by Gasteiger charge is -2.38. The maximum Gasteiger partial charge on any atom is 0.177 e. The van der Waals surface area contributed by atoms with E-state index in [-0.39, 0.29) is 5.78 Å². The number of allylic oxidation sites excluding steroid dienone is 1. The van der Waals surface area contributed by atoms with E-state index in [0.717, 1.165) is 35.5 Å². The van der Waals surface area contributed by atoms with E-state index in [1.165, 1.54) is 25.7 Å². The first-order valence-electron chi connectivity index (χ1n) is 8.83. The van der Waals surface area contributed by atoms with Crippen molar-refractivity contribution in [1.82, 2.24) is 4.90 Å². The van der Waals surface area contributed by atoms with Gasteiger partial charge in [0.05, 0.1) is 17.4 Å². The van der Waals surface area contributed by atoms with E-state index in [9.17, 15) is 9.90 Å². The van der Waals surface area contributed by atoms with E-state index in [4.69, 9.17) is 6.42 Å².